The fourth-order valence-corrected chi connectivity index (χ4v) is 3.08. The van der Waals surface area contributed by atoms with E-state index in [4.69, 9.17) is 10.7 Å². The molecule has 1 saturated carbocycles. The molecule has 1 aliphatic rings. The van der Waals surface area contributed by atoms with Crippen LogP contribution in [0, 0.1) is 0 Å². The summed E-state index contributed by atoms with van der Waals surface area (Å²) in [5.41, 5.74) is 8.18. The van der Waals surface area contributed by atoms with Gasteiger partial charge in [0.25, 0.3) is 0 Å². The van der Waals surface area contributed by atoms with Crippen LogP contribution in [0.1, 0.15) is 57.2 Å². The molecule has 1 aromatic rings. The van der Waals surface area contributed by atoms with Gasteiger partial charge in [-0.25, -0.2) is 4.98 Å². The minimum absolute atomic E-state index is 0.602. The van der Waals surface area contributed by atoms with Crippen molar-refractivity contribution in [1.29, 1.82) is 0 Å². The average Bonchev–Trinajstić information content (AvgIpc) is 2.48. The normalized spacial score (nSPS) is 16.6. The molecule has 2 rings (SSSR count). The predicted molar refractivity (Wildman–Crippen MR) is 81.4 cm³/mol. The molecule has 0 bridgehead atoms. The first-order valence-electron chi connectivity index (χ1n) is 7.75. The van der Waals surface area contributed by atoms with Gasteiger partial charge in [0.2, 0.25) is 0 Å². The second kappa shape index (κ2) is 6.90. The summed E-state index contributed by atoms with van der Waals surface area (Å²) in [5.74, 6) is 1.13. The van der Waals surface area contributed by atoms with E-state index in [1.165, 1.54) is 37.7 Å². The second-order valence-corrected chi connectivity index (χ2v) is 5.46. The van der Waals surface area contributed by atoms with E-state index in [0.29, 0.717) is 12.6 Å². The van der Waals surface area contributed by atoms with E-state index in [1.54, 1.807) is 0 Å². The van der Waals surface area contributed by atoms with Crippen molar-refractivity contribution >= 4 is 5.82 Å². The number of aromatic nitrogens is 1. The smallest absolute Gasteiger partial charge is 0.129 e. The van der Waals surface area contributed by atoms with Crippen molar-refractivity contribution in [2.75, 3.05) is 11.4 Å². The van der Waals surface area contributed by atoms with Gasteiger partial charge in [0, 0.05) is 24.8 Å². The fourth-order valence-electron chi connectivity index (χ4n) is 3.08. The lowest BCUT2D eigenvalue weighted by Crippen LogP contribution is -2.37. The van der Waals surface area contributed by atoms with Crippen LogP contribution in [0.3, 0.4) is 0 Å². The molecule has 1 aromatic heterocycles. The van der Waals surface area contributed by atoms with Gasteiger partial charge in [-0.1, -0.05) is 26.2 Å². The molecule has 1 aliphatic carbocycles. The largest absolute Gasteiger partial charge is 0.354 e. The summed E-state index contributed by atoms with van der Waals surface area (Å²) < 4.78 is 0. The molecular formula is C16H27N3. The molecule has 1 heterocycles. The van der Waals surface area contributed by atoms with Crippen molar-refractivity contribution in [3.8, 4) is 0 Å². The summed E-state index contributed by atoms with van der Waals surface area (Å²) in [4.78, 5) is 7.30. The van der Waals surface area contributed by atoms with Crippen molar-refractivity contribution in [3.05, 3.63) is 23.4 Å². The van der Waals surface area contributed by atoms with Gasteiger partial charge < -0.3 is 10.6 Å². The first-order chi connectivity index (χ1) is 9.28. The maximum absolute atomic E-state index is 5.82. The van der Waals surface area contributed by atoms with Crippen molar-refractivity contribution in [2.24, 2.45) is 5.73 Å². The highest BCUT2D eigenvalue weighted by atomic mass is 15.2. The Labute approximate surface area is 117 Å². The lowest BCUT2D eigenvalue weighted by molar-refractivity contribution is 0.416. The predicted octanol–water partition coefficient (Wildman–Crippen LogP) is 3.26. The molecule has 0 atom stereocenters. The molecule has 0 aromatic carbocycles. The van der Waals surface area contributed by atoms with E-state index < -0.39 is 0 Å². The van der Waals surface area contributed by atoms with E-state index in [2.05, 4.69) is 30.9 Å². The van der Waals surface area contributed by atoms with Gasteiger partial charge in [-0.2, -0.15) is 0 Å². The fraction of sp³-hybridized carbons (Fsp3) is 0.688. The summed E-state index contributed by atoms with van der Waals surface area (Å²) in [6, 6.07) is 4.99. The third-order valence-electron chi connectivity index (χ3n) is 4.17. The standard InChI is InChI=1S/C16H27N3/c1-3-14-10-13(12-17)11-16(18-14)19(4-2)15-8-6-5-7-9-15/h10-11,15H,3-9,12,17H2,1-2H3. The highest BCUT2D eigenvalue weighted by Gasteiger charge is 2.21. The van der Waals surface area contributed by atoms with Crippen molar-refractivity contribution < 1.29 is 0 Å². The van der Waals surface area contributed by atoms with Crippen molar-refractivity contribution in [2.45, 2.75) is 65.0 Å². The minimum Gasteiger partial charge on any atom is -0.354 e. The van der Waals surface area contributed by atoms with Crippen LogP contribution in [-0.2, 0) is 13.0 Å². The maximum Gasteiger partial charge on any atom is 0.129 e. The van der Waals surface area contributed by atoms with Crippen LogP contribution in [-0.4, -0.2) is 17.6 Å². The number of pyridine rings is 1. The van der Waals surface area contributed by atoms with Crippen LogP contribution >= 0.6 is 0 Å². The van der Waals surface area contributed by atoms with Crippen LogP contribution < -0.4 is 10.6 Å². The molecular weight excluding hydrogens is 234 g/mol. The number of anilines is 1. The van der Waals surface area contributed by atoms with Crippen LogP contribution in [0.25, 0.3) is 0 Å². The monoisotopic (exact) mass is 261 g/mol. The Balaban J connectivity index is 2.25. The highest BCUT2D eigenvalue weighted by Crippen LogP contribution is 2.27. The van der Waals surface area contributed by atoms with Gasteiger partial charge in [0.05, 0.1) is 0 Å². The lowest BCUT2D eigenvalue weighted by Gasteiger charge is -2.35. The molecule has 3 nitrogen and oxygen atoms in total. The quantitative estimate of drug-likeness (QED) is 0.884. The Bertz CT molecular complexity index is 375. The first kappa shape index (κ1) is 14.3. The molecule has 0 spiro atoms. The molecule has 0 aliphatic heterocycles. The Morgan fingerprint density at radius 2 is 1.95 bits per heavy atom. The van der Waals surface area contributed by atoms with Gasteiger partial charge in [-0.15, -0.1) is 0 Å². The van der Waals surface area contributed by atoms with E-state index in [9.17, 15) is 0 Å². The SMILES string of the molecule is CCc1cc(CN)cc(N(CC)C2CCCCC2)n1. The molecule has 0 unspecified atom stereocenters. The van der Waals surface area contributed by atoms with Gasteiger partial charge in [0.1, 0.15) is 5.82 Å². The number of rotatable bonds is 5. The van der Waals surface area contributed by atoms with Crippen LogP contribution in [0.2, 0.25) is 0 Å². The van der Waals surface area contributed by atoms with E-state index >= 15 is 0 Å². The zero-order valence-corrected chi connectivity index (χ0v) is 12.4. The lowest BCUT2D eigenvalue weighted by atomic mass is 9.94. The maximum atomic E-state index is 5.82. The van der Waals surface area contributed by atoms with Crippen LogP contribution in [0.4, 0.5) is 5.82 Å². The highest BCUT2D eigenvalue weighted by molar-refractivity contribution is 5.44. The minimum atomic E-state index is 0.602. The number of hydrogen-bond donors (Lipinski definition) is 1. The van der Waals surface area contributed by atoms with Gasteiger partial charge >= 0.3 is 0 Å². The number of hydrogen-bond acceptors (Lipinski definition) is 3. The summed E-state index contributed by atoms with van der Waals surface area (Å²) in [5, 5.41) is 0. The molecule has 1 fully saturated rings. The third-order valence-corrected chi connectivity index (χ3v) is 4.17. The van der Waals surface area contributed by atoms with E-state index in [1.807, 2.05) is 0 Å². The summed E-state index contributed by atoms with van der Waals surface area (Å²) in [7, 11) is 0. The number of aryl methyl sites for hydroxylation is 1. The van der Waals surface area contributed by atoms with Gasteiger partial charge in [0.15, 0.2) is 0 Å². The Kier molecular flexibility index (Phi) is 5.20. The summed E-state index contributed by atoms with van der Waals surface area (Å²) in [6.07, 6.45) is 7.71. The first-order valence-corrected chi connectivity index (χ1v) is 7.75. The molecule has 0 saturated heterocycles. The molecule has 0 amide bonds. The summed E-state index contributed by atoms with van der Waals surface area (Å²) >= 11 is 0. The number of nitrogens with zero attached hydrogens (tertiary/aromatic N) is 2. The zero-order chi connectivity index (χ0) is 13.7. The molecule has 0 radical (unpaired) electrons. The van der Waals surface area contributed by atoms with Gasteiger partial charge in [-0.3, -0.25) is 0 Å². The zero-order valence-electron chi connectivity index (χ0n) is 12.4. The van der Waals surface area contributed by atoms with Crippen LogP contribution in [0.5, 0.6) is 0 Å². The molecule has 2 N–H and O–H groups in total. The van der Waals surface area contributed by atoms with Gasteiger partial charge in [-0.05, 0) is 43.9 Å². The topological polar surface area (TPSA) is 42.1 Å². The summed E-state index contributed by atoms with van der Waals surface area (Å²) in [6.45, 7) is 6.03. The molecule has 19 heavy (non-hydrogen) atoms. The Hall–Kier alpha value is -1.09. The Morgan fingerprint density at radius 1 is 1.21 bits per heavy atom. The Morgan fingerprint density at radius 3 is 2.53 bits per heavy atom. The molecule has 3 heteroatoms. The van der Waals surface area contributed by atoms with Crippen molar-refractivity contribution in [1.82, 2.24) is 4.98 Å². The van der Waals surface area contributed by atoms with Crippen LogP contribution in [0.15, 0.2) is 12.1 Å². The van der Waals surface area contributed by atoms with Crippen molar-refractivity contribution in [3.63, 3.8) is 0 Å². The molecule has 106 valence electrons. The second-order valence-electron chi connectivity index (χ2n) is 5.46. The van der Waals surface area contributed by atoms with E-state index in [-0.39, 0.29) is 0 Å². The van der Waals surface area contributed by atoms with E-state index in [0.717, 1.165) is 24.5 Å². The number of nitrogens with two attached hydrogens (primary N) is 1. The average molecular weight is 261 g/mol. The third kappa shape index (κ3) is 3.47.